The van der Waals surface area contributed by atoms with E-state index in [1.807, 2.05) is 13.8 Å². The number of hydrogen-bond acceptors (Lipinski definition) is 3. The van der Waals surface area contributed by atoms with Gasteiger partial charge in [-0.05, 0) is 68.1 Å². The average Bonchev–Trinajstić information content (AvgIpc) is 3.00. The molecule has 0 radical (unpaired) electrons. The number of fused-ring (bicyclic) bond motifs is 1. The van der Waals surface area contributed by atoms with Crippen molar-refractivity contribution in [1.82, 2.24) is 0 Å². The van der Waals surface area contributed by atoms with E-state index in [4.69, 9.17) is 0 Å². The molecule has 0 aromatic heterocycles. The fraction of sp³-hybridized carbons (Fsp3) is 0.600. The topological polar surface area (TPSA) is 54.4 Å². The van der Waals surface area contributed by atoms with E-state index in [1.165, 1.54) is 0 Å². The van der Waals surface area contributed by atoms with Gasteiger partial charge in [-0.15, -0.1) is 0 Å². The van der Waals surface area contributed by atoms with Gasteiger partial charge in [0.2, 0.25) is 0 Å². The number of rotatable bonds is 0. The van der Waals surface area contributed by atoms with Gasteiger partial charge in [0, 0.05) is 6.42 Å². The van der Waals surface area contributed by atoms with E-state index in [0.29, 0.717) is 17.4 Å². The van der Waals surface area contributed by atoms with E-state index in [0.717, 1.165) is 24.0 Å². The Morgan fingerprint density at radius 1 is 1.17 bits per heavy atom. The van der Waals surface area contributed by atoms with Crippen molar-refractivity contribution in [2.75, 3.05) is 0 Å². The number of aliphatic hydroxyl groups excluding tert-OH is 1. The molecule has 2 aliphatic rings. The minimum atomic E-state index is -1.14. The first-order chi connectivity index (χ1) is 10.6. The predicted molar refractivity (Wildman–Crippen MR) is 91.9 cm³/mol. The van der Waals surface area contributed by atoms with Gasteiger partial charge in [-0.25, -0.2) is 0 Å². The molecule has 1 saturated carbocycles. The third-order valence-corrected chi connectivity index (χ3v) is 5.56. The summed E-state index contributed by atoms with van der Waals surface area (Å²) >= 11 is 0. The minimum Gasteiger partial charge on any atom is -0.381 e. The molecule has 0 aliphatic heterocycles. The van der Waals surface area contributed by atoms with Crippen LogP contribution in [0.1, 0.15) is 53.9 Å². The summed E-state index contributed by atoms with van der Waals surface area (Å²) in [7, 11) is 0. The Kier molecular flexibility index (Phi) is 5.10. The van der Waals surface area contributed by atoms with E-state index in [-0.39, 0.29) is 23.4 Å². The lowest BCUT2D eigenvalue weighted by atomic mass is 9.99. The van der Waals surface area contributed by atoms with Crippen LogP contribution in [0.5, 0.6) is 0 Å². The summed E-state index contributed by atoms with van der Waals surface area (Å²) in [6.45, 7) is 10.0. The molecule has 3 heteroatoms. The first-order valence-corrected chi connectivity index (χ1v) is 8.42. The van der Waals surface area contributed by atoms with Crippen LogP contribution >= 0.6 is 0 Å². The van der Waals surface area contributed by atoms with E-state index in [2.05, 4.69) is 19.9 Å². The third-order valence-electron chi connectivity index (χ3n) is 5.56. The van der Waals surface area contributed by atoms with E-state index >= 15 is 0 Å². The van der Waals surface area contributed by atoms with Crippen LogP contribution in [0.3, 0.4) is 0 Å². The Morgan fingerprint density at radius 2 is 1.83 bits per heavy atom. The van der Waals surface area contributed by atoms with Crippen LogP contribution in [0.25, 0.3) is 0 Å². The fourth-order valence-corrected chi connectivity index (χ4v) is 3.56. The quantitative estimate of drug-likeness (QED) is 0.692. The Labute approximate surface area is 139 Å². The molecule has 0 heterocycles. The Bertz CT molecular complexity index is 604. The predicted octanol–water partition coefficient (Wildman–Crippen LogP) is 3.78. The molecule has 3 atom stereocenters. The van der Waals surface area contributed by atoms with Gasteiger partial charge in [0.25, 0.3) is 0 Å². The highest BCUT2D eigenvalue weighted by Gasteiger charge is 2.55. The molecule has 2 aliphatic carbocycles. The van der Waals surface area contributed by atoms with Crippen LogP contribution in [-0.4, -0.2) is 22.8 Å². The summed E-state index contributed by atoms with van der Waals surface area (Å²) in [4.78, 5) is 24.4. The summed E-state index contributed by atoms with van der Waals surface area (Å²) in [5, 5.41) is 10.1. The summed E-state index contributed by atoms with van der Waals surface area (Å²) in [6.07, 6.45) is 6.31. The molecule has 2 rings (SSSR count). The van der Waals surface area contributed by atoms with Crippen LogP contribution in [-0.2, 0) is 9.59 Å². The molecule has 3 unspecified atom stereocenters. The van der Waals surface area contributed by atoms with Gasteiger partial charge in [-0.1, -0.05) is 31.6 Å². The Morgan fingerprint density at radius 3 is 2.48 bits per heavy atom. The van der Waals surface area contributed by atoms with Crippen LogP contribution in [0.2, 0.25) is 0 Å². The number of hydrogen-bond donors (Lipinski definition) is 1. The number of allylic oxidation sites excluding steroid dienone is 4. The number of Topliss-reactive ketones (excluding diaryl/α,β-unsaturated/α-hetero) is 1. The molecular formula is C20H28O3. The third kappa shape index (κ3) is 3.89. The molecule has 1 N–H and O–H groups in total. The Balaban J connectivity index is 2.30. The molecule has 0 spiro atoms. The largest absolute Gasteiger partial charge is 0.381 e. The lowest BCUT2D eigenvalue weighted by Crippen LogP contribution is -2.20. The van der Waals surface area contributed by atoms with Crippen molar-refractivity contribution in [2.45, 2.75) is 60.0 Å². The zero-order valence-corrected chi connectivity index (χ0v) is 14.8. The number of carbonyl (C=O) groups excluding carboxylic acids is 2. The smallest absolute Gasteiger partial charge is 0.188 e. The highest BCUT2D eigenvalue weighted by molar-refractivity contribution is 5.97. The molecular weight excluding hydrogens is 288 g/mol. The van der Waals surface area contributed by atoms with Crippen molar-refractivity contribution in [3.05, 3.63) is 34.9 Å². The molecule has 1 fully saturated rings. The number of carbonyl (C=O) groups is 2. The zero-order chi connectivity index (χ0) is 17.4. The van der Waals surface area contributed by atoms with Gasteiger partial charge in [0.15, 0.2) is 11.6 Å². The lowest BCUT2D eigenvalue weighted by Gasteiger charge is -2.10. The standard InChI is InChI=1S/C20H28O3/c1-12-6-8-15-16(20(15,4)5)11-14(3)17(21)9-7-13(2)19(23)18(22)10-12/h7,10-11,15-16,19,23H,6,8-9H2,1-5H3/b12-10+,13-7+,14-11+. The summed E-state index contributed by atoms with van der Waals surface area (Å²) < 4.78 is 0. The number of ketones is 2. The summed E-state index contributed by atoms with van der Waals surface area (Å²) in [6, 6.07) is 0. The lowest BCUT2D eigenvalue weighted by molar-refractivity contribution is -0.120. The van der Waals surface area contributed by atoms with E-state index < -0.39 is 6.10 Å². The van der Waals surface area contributed by atoms with Crippen molar-refractivity contribution in [1.29, 1.82) is 0 Å². The molecule has 23 heavy (non-hydrogen) atoms. The molecule has 126 valence electrons. The van der Waals surface area contributed by atoms with E-state index in [9.17, 15) is 14.7 Å². The maximum absolute atomic E-state index is 12.3. The number of aliphatic hydroxyl groups is 1. The van der Waals surface area contributed by atoms with Crippen molar-refractivity contribution in [2.24, 2.45) is 17.3 Å². The van der Waals surface area contributed by atoms with Gasteiger partial charge in [0.05, 0.1) is 0 Å². The molecule has 0 aromatic rings. The van der Waals surface area contributed by atoms with Crippen molar-refractivity contribution >= 4 is 11.6 Å². The first-order valence-electron chi connectivity index (χ1n) is 8.42. The van der Waals surface area contributed by atoms with Gasteiger partial charge >= 0.3 is 0 Å². The molecule has 0 bridgehead atoms. The second kappa shape index (κ2) is 6.56. The molecule has 0 amide bonds. The van der Waals surface area contributed by atoms with Crippen molar-refractivity contribution in [3.63, 3.8) is 0 Å². The summed E-state index contributed by atoms with van der Waals surface area (Å²) in [5.41, 5.74) is 2.57. The van der Waals surface area contributed by atoms with Gasteiger partial charge < -0.3 is 5.11 Å². The van der Waals surface area contributed by atoms with Gasteiger partial charge in [-0.2, -0.15) is 0 Å². The maximum Gasteiger partial charge on any atom is 0.188 e. The summed E-state index contributed by atoms with van der Waals surface area (Å²) in [5.74, 6) is 0.760. The second-order valence-corrected chi connectivity index (χ2v) is 7.71. The Hall–Kier alpha value is -1.48. The monoisotopic (exact) mass is 316 g/mol. The van der Waals surface area contributed by atoms with Crippen LogP contribution in [0.15, 0.2) is 34.9 Å². The molecule has 0 saturated heterocycles. The fourth-order valence-electron chi connectivity index (χ4n) is 3.56. The van der Waals surface area contributed by atoms with E-state index in [1.54, 1.807) is 19.1 Å². The van der Waals surface area contributed by atoms with Crippen LogP contribution in [0, 0.1) is 17.3 Å². The molecule has 3 nitrogen and oxygen atoms in total. The molecule has 0 aromatic carbocycles. The highest BCUT2D eigenvalue weighted by Crippen LogP contribution is 2.61. The van der Waals surface area contributed by atoms with Gasteiger partial charge in [0.1, 0.15) is 6.10 Å². The average molecular weight is 316 g/mol. The highest BCUT2D eigenvalue weighted by atomic mass is 16.3. The zero-order valence-electron chi connectivity index (χ0n) is 14.8. The SMILES string of the molecule is C/C1=C\C(=O)C(O)/C(C)=C/CC(=O)/C(C)=C/C2C(CC1)C2(C)C. The first kappa shape index (κ1) is 17.9. The maximum atomic E-state index is 12.3. The second-order valence-electron chi connectivity index (χ2n) is 7.71. The van der Waals surface area contributed by atoms with Gasteiger partial charge in [-0.3, -0.25) is 9.59 Å². The van der Waals surface area contributed by atoms with Crippen LogP contribution in [0.4, 0.5) is 0 Å². The minimum absolute atomic E-state index is 0.0641. The van der Waals surface area contributed by atoms with Crippen LogP contribution < -0.4 is 0 Å². The van der Waals surface area contributed by atoms with Crippen molar-refractivity contribution in [3.8, 4) is 0 Å². The normalized spacial score (nSPS) is 39.0. The van der Waals surface area contributed by atoms with Crippen molar-refractivity contribution < 1.29 is 14.7 Å².